The third-order valence-corrected chi connectivity index (χ3v) is 4.04. The molecule has 2 unspecified atom stereocenters. The van der Waals surface area contributed by atoms with Crippen molar-refractivity contribution in [2.24, 2.45) is 5.92 Å². The van der Waals surface area contributed by atoms with Crippen LogP contribution in [0.3, 0.4) is 0 Å². The second kappa shape index (κ2) is 8.32. The number of carbonyl (C=O) groups is 2. The summed E-state index contributed by atoms with van der Waals surface area (Å²) in [6, 6.07) is 0.221. The van der Waals surface area contributed by atoms with E-state index in [4.69, 9.17) is 9.47 Å². The fourth-order valence-corrected chi connectivity index (χ4v) is 3.21. The first-order chi connectivity index (χ1) is 10.9. The molecule has 24 heavy (non-hydrogen) atoms. The van der Waals surface area contributed by atoms with Crippen molar-refractivity contribution in [1.29, 1.82) is 0 Å². The minimum Gasteiger partial charge on any atom is -0.459 e. The molecule has 5 heteroatoms. The summed E-state index contributed by atoms with van der Waals surface area (Å²) in [6.45, 7) is 13.6. The maximum atomic E-state index is 12.3. The van der Waals surface area contributed by atoms with Crippen LogP contribution < -0.4 is 0 Å². The lowest BCUT2D eigenvalue weighted by Gasteiger charge is -2.38. The molecule has 1 fully saturated rings. The first kappa shape index (κ1) is 20.9. The van der Waals surface area contributed by atoms with Gasteiger partial charge in [0.2, 0.25) is 0 Å². The summed E-state index contributed by atoms with van der Waals surface area (Å²) in [5.74, 6) is -0.115. The fourth-order valence-electron chi connectivity index (χ4n) is 3.21. The molecule has 1 aliphatic carbocycles. The molecule has 1 aliphatic rings. The zero-order valence-corrected chi connectivity index (χ0v) is 16.5. The van der Waals surface area contributed by atoms with Crippen LogP contribution in [-0.2, 0) is 19.1 Å². The van der Waals surface area contributed by atoms with Crippen LogP contribution in [0.4, 0.5) is 0 Å². The maximum absolute atomic E-state index is 12.3. The molecule has 0 radical (unpaired) electrons. The van der Waals surface area contributed by atoms with E-state index in [1.807, 2.05) is 46.4 Å². The molecular weight excluding hydrogens is 306 g/mol. The van der Waals surface area contributed by atoms with Crippen LogP contribution in [0.5, 0.6) is 0 Å². The highest BCUT2D eigenvalue weighted by molar-refractivity contribution is 5.75. The summed E-state index contributed by atoms with van der Waals surface area (Å²) in [5, 5.41) is 0. The number of hydrogen-bond acceptors (Lipinski definition) is 5. The largest absolute Gasteiger partial charge is 0.459 e. The van der Waals surface area contributed by atoms with Crippen LogP contribution in [0.2, 0.25) is 0 Å². The highest BCUT2D eigenvalue weighted by atomic mass is 16.6. The molecule has 0 aromatic carbocycles. The lowest BCUT2D eigenvalue weighted by atomic mass is 9.85. The van der Waals surface area contributed by atoms with Crippen molar-refractivity contribution in [2.75, 3.05) is 13.1 Å². The van der Waals surface area contributed by atoms with Gasteiger partial charge in [-0.3, -0.25) is 14.5 Å². The summed E-state index contributed by atoms with van der Waals surface area (Å²) in [7, 11) is 0. The summed E-state index contributed by atoms with van der Waals surface area (Å²) in [6.07, 6.45) is 4.48. The molecule has 0 N–H and O–H groups in total. The van der Waals surface area contributed by atoms with Crippen molar-refractivity contribution in [1.82, 2.24) is 4.90 Å². The zero-order chi connectivity index (χ0) is 18.5. The Kier molecular flexibility index (Phi) is 7.26. The molecule has 140 valence electrons. The van der Waals surface area contributed by atoms with Crippen LogP contribution in [0.1, 0.15) is 74.1 Å². The van der Waals surface area contributed by atoms with Gasteiger partial charge in [0.1, 0.15) is 11.2 Å². The van der Waals surface area contributed by atoms with Crippen LogP contribution in [0.15, 0.2) is 0 Å². The average Bonchev–Trinajstić information content (AvgIpc) is 2.33. The smallest absolute Gasteiger partial charge is 0.320 e. The average molecular weight is 341 g/mol. The van der Waals surface area contributed by atoms with Crippen molar-refractivity contribution in [3.63, 3.8) is 0 Å². The highest BCUT2D eigenvalue weighted by Crippen LogP contribution is 2.28. The van der Waals surface area contributed by atoms with Crippen molar-refractivity contribution in [2.45, 2.75) is 91.4 Å². The molecule has 0 aromatic heterocycles. The molecule has 5 nitrogen and oxygen atoms in total. The van der Waals surface area contributed by atoms with Gasteiger partial charge in [0.15, 0.2) is 0 Å². The minimum absolute atomic E-state index is 0.130. The second-order valence-electron chi connectivity index (χ2n) is 8.91. The minimum atomic E-state index is -0.521. The van der Waals surface area contributed by atoms with E-state index in [2.05, 4.69) is 6.92 Å². The quantitative estimate of drug-likeness (QED) is 0.716. The predicted octanol–water partition coefficient (Wildman–Crippen LogP) is 3.55. The number of rotatable bonds is 5. The summed E-state index contributed by atoms with van der Waals surface area (Å²) >= 11 is 0. The lowest BCUT2D eigenvalue weighted by Crippen LogP contribution is -2.48. The van der Waals surface area contributed by atoms with E-state index in [9.17, 15) is 9.59 Å². The van der Waals surface area contributed by atoms with Crippen molar-refractivity contribution >= 4 is 11.9 Å². The molecule has 0 spiro atoms. The lowest BCUT2D eigenvalue weighted by molar-refractivity contribution is -0.161. The van der Waals surface area contributed by atoms with E-state index in [0.717, 1.165) is 19.3 Å². The predicted molar refractivity (Wildman–Crippen MR) is 94.7 cm³/mol. The number of carbonyl (C=O) groups excluding carboxylic acids is 2. The van der Waals surface area contributed by atoms with E-state index < -0.39 is 11.2 Å². The fraction of sp³-hybridized carbons (Fsp3) is 0.895. The molecule has 0 amide bonds. The summed E-state index contributed by atoms with van der Waals surface area (Å²) < 4.78 is 10.9. The third-order valence-electron chi connectivity index (χ3n) is 4.04. The van der Waals surface area contributed by atoms with E-state index in [1.54, 1.807) is 0 Å². The van der Waals surface area contributed by atoms with Crippen LogP contribution in [0, 0.1) is 5.92 Å². The van der Waals surface area contributed by atoms with Crippen LogP contribution in [0.25, 0.3) is 0 Å². The molecule has 0 saturated heterocycles. The van der Waals surface area contributed by atoms with Crippen molar-refractivity contribution < 1.29 is 19.1 Å². The zero-order valence-electron chi connectivity index (χ0n) is 16.5. The summed E-state index contributed by atoms with van der Waals surface area (Å²) in [5.41, 5.74) is -1.04. The van der Waals surface area contributed by atoms with Gasteiger partial charge in [-0.05, 0) is 60.3 Å². The Bertz CT molecular complexity index is 404. The highest BCUT2D eigenvalue weighted by Gasteiger charge is 2.32. The van der Waals surface area contributed by atoms with Gasteiger partial charge in [-0.2, -0.15) is 0 Å². The molecule has 0 aliphatic heterocycles. The first-order valence-electron chi connectivity index (χ1n) is 9.05. The Labute approximate surface area is 147 Å². The Hall–Kier alpha value is -1.10. The van der Waals surface area contributed by atoms with Gasteiger partial charge >= 0.3 is 11.9 Å². The second-order valence-corrected chi connectivity index (χ2v) is 8.91. The van der Waals surface area contributed by atoms with Gasteiger partial charge in [0.25, 0.3) is 0 Å². The number of ether oxygens (including phenoxy) is 2. The van der Waals surface area contributed by atoms with Crippen molar-refractivity contribution in [3.8, 4) is 0 Å². The Morgan fingerprint density at radius 1 is 0.875 bits per heavy atom. The normalized spacial score (nSPS) is 22.3. The van der Waals surface area contributed by atoms with E-state index in [-0.39, 0.29) is 31.1 Å². The molecule has 0 bridgehead atoms. The third kappa shape index (κ3) is 8.13. The molecule has 0 aromatic rings. The Balaban J connectivity index is 2.78. The molecular formula is C19H35NO4. The van der Waals surface area contributed by atoms with Gasteiger partial charge in [0, 0.05) is 6.04 Å². The van der Waals surface area contributed by atoms with Gasteiger partial charge < -0.3 is 9.47 Å². The molecule has 0 heterocycles. The Morgan fingerprint density at radius 2 is 1.29 bits per heavy atom. The molecule has 2 atom stereocenters. The number of hydrogen-bond donors (Lipinski definition) is 0. The van der Waals surface area contributed by atoms with E-state index >= 15 is 0 Å². The first-order valence-corrected chi connectivity index (χ1v) is 9.05. The molecule has 1 saturated carbocycles. The van der Waals surface area contributed by atoms with Gasteiger partial charge in [-0.15, -0.1) is 0 Å². The molecule has 1 rings (SSSR count). The summed E-state index contributed by atoms with van der Waals surface area (Å²) in [4.78, 5) is 26.5. The van der Waals surface area contributed by atoms with E-state index in [1.165, 1.54) is 6.42 Å². The van der Waals surface area contributed by atoms with Crippen molar-refractivity contribution in [3.05, 3.63) is 0 Å². The van der Waals surface area contributed by atoms with Crippen LogP contribution in [-0.4, -0.2) is 47.2 Å². The number of nitrogens with zero attached hydrogens (tertiary/aromatic N) is 1. The van der Waals surface area contributed by atoms with Gasteiger partial charge in [-0.1, -0.05) is 19.8 Å². The van der Waals surface area contributed by atoms with E-state index in [0.29, 0.717) is 5.92 Å². The van der Waals surface area contributed by atoms with Crippen LogP contribution >= 0.6 is 0 Å². The monoisotopic (exact) mass is 341 g/mol. The van der Waals surface area contributed by atoms with Gasteiger partial charge in [-0.25, -0.2) is 0 Å². The van der Waals surface area contributed by atoms with Gasteiger partial charge in [0.05, 0.1) is 13.1 Å². The standard InChI is InChI=1S/C19H35NO4/c1-14-10-8-9-11-15(14)20(12-16(21)23-18(2,3)4)13-17(22)24-19(5,6)7/h14-15H,8-13H2,1-7H3. The SMILES string of the molecule is CC1CCCCC1N(CC(=O)OC(C)(C)C)CC(=O)OC(C)(C)C. The Morgan fingerprint density at radius 3 is 1.67 bits per heavy atom. The topological polar surface area (TPSA) is 55.8 Å². The number of esters is 2. The maximum Gasteiger partial charge on any atom is 0.320 e.